The van der Waals surface area contributed by atoms with Crippen LogP contribution >= 0.6 is 11.8 Å². The van der Waals surface area contributed by atoms with Gasteiger partial charge in [0.05, 0.1) is 31.2 Å². The standard InChI is InChI=1S/C14H20N2O3S/c1-19-12-5-10(6-15-7-12)14(9-3-11(17)4-9)16-13(18)8-20-2/h5-7,9,11,14,17H,3-4,8H2,1-2H3,(H,16,18). The lowest BCUT2D eigenvalue weighted by atomic mass is 9.75. The molecular formula is C14H20N2O3S. The highest BCUT2D eigenvalue weighted by molar-refractivity contribution is 7.99. The number of rotatable bonds is 6. The van der Waals surface area contributed by atoms with E-state index >= 15 is 0 Å². The van der Waals surface area contributed by atoms with Crippen LogP contribution in [0.5, 0.6) is 5.75 Å². The van der Waals surface area contributed by atoms with E-state index in [1.54, 1.807) is 19.5 Å². The first-order chi connectivity index (χ1) is 9.63. The lowest BCUT2D eigenvalue weighted by Crippen LogP contribution is -2.42. The third-order valence-corrected chi connectivity index (χ3v) is 4.09. The molecule has 5 nitrogen and oxygen atoms in total. The molecule has 1 atom stereocenters. The zero-order valence-corrected chi connectivity index (χ0v) is 12.5. The Kier molecular flexibility index (Phi) is 5.25. The fourth-order valence-electron chi connectivity index (χ4n) is 2.44. The molecular weight excluding hydrogens is 276 g/mol. The minimum Gasteiger partial charge on any atom is -0.495 e. The van der Waals surface area contributed by atoms with Crippen LogP contribution in [0.3, 0.4) is 0 Å². The van der Waals surface area contributed by atoms with Crippen LogP contribution in [0.1, 0.15) is 24.4 Å². The Bertz CT molecular complexity index is 463. The number of nitrogens with one attached hydrogen (secondary N) is 1. The van der Waals surface area contributed by atoms with Crippen LogP contribution in [0.4, 0.5) is 0 Å². The van der Waals surface area contributed by atoms with Crippen molar-refractivity contribution in [1.82, 2.24) is 10.3 Å². The molecule has 0 saturated heterocycles. The number of methoxy groups -OCH3 is 1. The van der Waals surface area contributed by atoms with Gasteiger partial charge in [0.2, 0.25) is 5.91 Å². The molecule has 1 saturated carbocycles. The summed E-state index contributed by atoms with van der Waals surface area (Å²) in [6, 6.07) is 1.78. The fourth-order valence-corrected chi connectivity index (χ4v) is 2.78. The molecule has 1 heterocycles. The Morgan fingerprint density at radius 1 is 1.60 bits per heavy atom. The first-order valence-electron chi connectivity index (χ1n) is 6.59. The van der Waals surface area contributed by atoms with Gasteiger partial charge in [0.1, 0.15) is 5.75 Å². The Morgan fingerprint density at radius 2 is 2.35 bits per heavy atom. The number of carbonyl (C=O) groups excluding carboxylic acids is 1. The van der Waals surface area contributed by atoms with E-state index < -0.39 is 0 Å². The molecule has 2 N–H and O–H groups in total. The molecule has 1 aromatic heterocycles. The molecule has 0 bridgehead atoms. The van der Waals surface area contributed by atoms with Crippen LogP contribution < -0.4 is 10.1 Å². The van der Waals surface area contributed by atoms with Crippen LogP contribution in [0, 0.1) is 5.92 Å². The largest absolute Gasteiger partial charge is 0.495 e. The highest BCUT2D eigenvalue weighted by atomic mass is 32.2. The van der Waals surface area contributed by atoms with Crippen LogP contribution in [-0.2, 0) is 4.79 Å². The Morgan fingerprint density at radius 3 is 2.95 bits per heavy atom. The Labute approximate surface area is 123 Å². The number of aliphatic hydroxyl groups excluding tert-OH is 1. The van der Waals surface area contributed by atoms with Gasteiger partial charge in [-0.05, 0) is 36.6 Å². The maximum atomic E-state index is 11.9. The molecule has 0 spiro atoms. The van der Waals surface area contributed by atoms with E-state index in [-0.39, 0.29) is 24.0 Å². The highest BCUT2D eigenvalue weighted by Gasteiger charge is 2.35. The predicted molar refractivity (Wildman–Crippen MR) is 78.8 cm³/mol. The maximum Gasteiger partial charge on any atom is 0.230 e. The molecule has 0 aliphatic heterocycles. The quantitative estimate of drug-likeness (QED) is 0.830. The van der Waals surface area contributed by atoms with Gasteiger partial charge in [-0.1, -0.05) is 0 Å². The molecule has 1 aliphatic carbocycles. The Hall–Kier alpha value is -1.27. The summed E-state index contributed by atoms with van der Waals surface area (Å²) >= 11 is 1.49. The Balaban J connectivity index is 2.14. The van der Waals surface area contributed by atoms with Gasteiger partial charge in [0.15, 0.2) is 0 Å². The van der Waals surface area contributed by atoms with E-state index in [0.29, 0.717) is 24.3 Å². The maximum absolute atomic E-state index is 11.9. The molecule has 1 unspecified atom stereocenters. The number of hydrogen-bond acceptors (Lipinski definition) is 5. The lowest BCUT2D eigenvalue weighted by Gasteiger charge is -2.38. The van der Waals surface area contributed by atoms with Crippen molar-refractivity contribution in [3.05, 3.63) is 24.0 Å². The summed E-state index contributed by atoms with van der Waals surface area (Å²) in [5.74, 6) is 1.37. The molecule has 1 aromatic rings. The van der Waals surface area contributed by atoms with Crippen molar-refractivity contribution in [2.24, 2.45) is 5.92 Å². The number of carbonyl (C=O) groups is 1. The van der Waals surface area contributed by atoms with E-state index in [9.17, 15) is 9.90 Å². The summed E-state index contributed by atoms with van der Waals surface area (Å²) in [5.41, 5.74) is 0.927. The average Bonchev–Trinajstić information content (AvgIpc) is 2.42. The number of amides is 1. The SMILES string of the molecule is COc1cncc(C(NC(=O)CSC)C2CC(O)C2)c1. The molecule has 1 amide bonds. The first kappa shape index (κ1) is 15.1. The second-order valence-electron chi connectivity index (χ2n) is 5.02. The monoisotopic (exact) mass is 296 g/mol. The number of aromatic nitrogens is 1. The van der Waals surface area contributed by atoms with Gasteiger partial charge < -0.3 is 15.2 Å². The summed E-state index contributed by atoms with van der Waals surface area (Å²) in [4.78, 5) is 16.0. The molecule has 1 fully saturated rings. The lowest BCUT2D eigenvalue weighted by molar-refractivity contribution is -0.120. The molecule has 0 radical (unpaired) electrons. The van der Waals surface area contributed by atoms with Crippen LogP contribution in [0.25, 0.3) is 0 Å². The smallest absolute Gasteiger partial charge is 0.230 e. The van der Waals surface area contributed by atoms with Crippen molar-refractivity contribution in [2.45, 2.75) is 25.0 Å². The summed E-state index contributed by atoms with van der Waals surface area (Å²) in [5, 5.41) is 12.5. The van der Waals surface area contributed by atoms with Crippen molar-refractivity contribution in [3.63, 3.8) is 0 Å². The van der Waals surface area contributed by atoms with Crippen molar-refractivity contribution in [1.29, 1.82) is 0 Å². The summed E-state index contributed by atoms with van der Waals surface area (Å²) < 4.78 is 5.18. The summed E-state index contributed by atoms with van der Waals surface area (Å²) in [7, 11) is 1.59. The second-order valence-corrected chi connectivity index (χ2v) is 5.89. The number of thioether (sulfide) groups is 1. The van der Waals surface area contributed by atoms with Crippen molar-refractivity contribution >= 4 is 17.7 Å². The van der Waals surface area contributed by atoms with Crippen molar-refractivity contribution < 1.29 is 14.6 Å². The first-order valence-corrected chi connectivity index (χ1v) is 7.98. The average molecular weight is 296 g/mol. The van der Waals surface area contributed by atoms with E-state index in [4.69, 9.17) is 4.74 Å². The number of hydrogen-bond donors (Lipinski definition) is 2. The van der Waals surface area contributed by atoms with Gasteiger partial charge in [0, 0.05) is 6.20 Å². The van der Waals surface area contributed by atoms with Crippen LogP contribution in [-0.4, -0.2) is 41.2 Å². The van der Waals surface area contributed by atoms with E-state index in [1.807, 2.05) is 12.3 Å². The van der Waals surface area contributed by atoms with Gasteiger partial charge >= 0.3 is 0 Å². The molecule has 2 rings (SSSR count). The third-order valence-electron chi connectivity index (χ3n) is 3.54. The third kappa shape index (κ3) is 3.64. The highest BCUT2D eigenvalue weighted by Crippen LogP contribution is 2.38. The minimum atomic E-state index is -0.251. The van der Waals surface area contributed by atoms with Gasteiger partial charge in [0.25, 0.3) is 0 Å². The summed E-state index contributed by atoms with van der Waals surface area (Å²) in [6.07, 6.45) is 6.45. The number of pyridine rings is 1. The van der Waals surface area contributed by atoms with Gasteiger partial charge in [-0.25, -0.2) is 0 Å². The molecule has 6 heteroatoms. The van der Waals surface area contributed by atoms with Crippen LogP contribution in [0.2, 0.25) is 0 Å². The van der Waals surface area contributed by atoms with Gasteiger partial charge in [-0.3, -0.25) is 9.78 Å². The number of aliphatic hydroxyl groups is 1. The number of nitrogens with zero attached hydrogens (tertiary/aromatic N) is 1. The van der Waals surface area contributed by atoms with Crippen molar-refractivity contribution in [2.75, 3.05) is 19.1 Å². The fraction of sp³-hybridized carbons (Fsp3) is 0.571. The summed E-state index contributed by atoms with van der Waals surface area (Å²) in [6.45, 7) is 0. The molecule has 110 valence electrons. The van der Waals surface area contributed by atoms with Crippen molar-refractivity contribution in [3.8, 4) is 5.75 Å². The second kappa shape index (κ2) is 6.95. The van der Waals surface area contributed by atoms with Gasteiger partial charge in [-0.2, -0.15) is 11.8 Å². The topological polar surface area (TPSA) is 71.5 Å². The van der Waals surface area contributed by atoms with E-state index in [0.717, 1.165) is 5.56 Å². The zero-order chi connectivity index (χ0) is 14.5. The minimum absolute atomic E-state index is 0.00621. The van der Waals surface area contributed by atoms with E-state index in [1.165, 1.54) is 11.8 Å². The molecule has 1 aliphatic rings. The number of ether oxygens (including phenoxy) is 1. The normalized spacial score (nSPS) is 22.8. The van der Waals surface area contributed by atoms with E-state index in [2.05, 4.69) is 10.3 Å². The molecule has 0 aromatic carbocycles. The zero-order valence-electron chi connectivity index (χ0n) is 11.7. The van der Waals surface area contributed by atoms with Gasteiger partial charge in [-0.15, -0.1) is 0 Å². The van der Waals surface area contributed by atoms with Crippen LogP contribution in [0.15, 0.2) is 18.5 Å². The molecule has 20 heavy (non-hydrogen) atoms. The predicted octanol–water partition coefficient (Wildman–Crippen LogP) is 1.38.